The minimum Gasteiger partial charge on any atom is -0.394 e. The number of nitrogens with zero attached hydrogens (tertiary/aromatic N) is 2. The van der Waals surface area contributed by atoms with Gasteiger partial charge in [-0.05, 0) is 6.07 Å². The Balaban J connectivity index is 2.25. The van der Waals surface area contributed by atoms with Gasteiger partial charge in [-0.2, -0.15) is 4.98 Å². The molecule has 2 atom stereocenters. The fourth-order valence-corrected chi connectivity index (χ4v) is 2.81. The molecule has 0 radical (unpaired) electrons. The summed E-state index contributed by atoms with van der Waals surface area (Å²) in [5, 5.41) is 11.8. The van der Waals surface area contributed by atoms with Crippen LogP contribution >= 0.6 is 20.3 Å². The summed E-state index contributed by atoms with van der Waals surface area (Å²) in [6, 6.07) is 1.42. The molecule has 0 spiro atoms. The SMILES string of the molecule is C=[C](Nc1ccn(C2O[C@H](CO)CC2(F)F)c(=O)n1)[AlH][I]. The molecular weight excluding hydrogens is 414 g/mol. The zero-order valence-corrected chi connectivity index (χ0v) is 14.5. The van der Waals surface area contributed by atoms with Crippen molar-refractivity contribution in [2.75, 3.05) is 11.9 Å². The zero-order valence-electron chi connectivity index (χ0n) is 10.9. The van der Waals surface area contributed by atoms with E-state index in [4.69, 9.17) is 9.84 Å². The van der Waals surface area contributed by atoms with Crippen LogP contribution in [0.1, 0.15) is 12.6 Å². The second-order valence-corrected chi connectivity index (χ2v) is 8.03. The van der Waals surface area contributed by atoms with Crippen LogP contribution in [0, 0.1) is 0 Å². The Bertz CT molecular complexity index is 598. The molecule has 0 bridgehead atoms. The topological polar surface area (TPSA) is 76.4 Å². The second-order valence-electron chi connectivity index (χ2n) is 4.62. The Morgan fingerprint density at radius 1 is 1.76 bits per heavy atom. The maximum atomic E-state index is 13.8. The minimum atomic E-state index is -3.23. The molecule has 1 aromatic heterocycles. The van der Waals surface area contributed by atoms with Crippen molar-refractivity contribution in [2.24, 2.45) is 0 Å². The Labute approximate surface area is 136 Å². The first-order valence-corrected chi connectivity index (χ1v) is 11.9. The van der Waals surface area contributed by atoms with Crippen LogP contribution in [0.3, 0.4) is 0 Å². The molecule has 2 N–H and O–H groups in total. The van der Waals surface area contributed by atoms with Gasteiger partial charge in [-0.1, -0.05) is 11.1 Å². The van der Waals surface area contributed by atoms with E-state index in [0.29, 0.717) is 0 Å². The maximum Gasteiger partial charge on any atom is 0.399 e. The standard InChI is InChI=1S/C11H12F2N3O3.Al.HI.H/c1-2-14-8-3-4-16(10(18)15-8)9-11(12,13)5-7(6-17)19-9;;;/h3-4,7,9,17H,1,5-6H2,(H,14,15,18);;1H;/q;+1;;/p-1/t7-,9?;;;/m0.../s1. The van der Waals surface area contributed by atoms with E-state index < -0.39 is 48.9 Å². The van der Waals surface area contributed by atoms with Crippen molar-refractivity contribution in [1.29, 1.82) is 0 Å². The average Bonchev–Trinajstić information content (AvgIpc) is 2.74. The van der Waals surface area contributed by atoms with Crippen LogP contribution in [0.25, 0.3) is 0 Å². The van der Waals surface area contributed by atoms with Gasteiger partial charge in [0.05, 0.1) is 12.7 Å². The Hall–Kier alpha value is -0.538. The molecule has 1 aromatic rings. The number of aliphatic hydroxyl groups excluding tert-OH is 1. The molecule has 6 nitrogen and oxygen atoms in total. The fourth-order valence-electron chi connectivity index (χ4n) is 1.99. The molecule has 1 saturated heterocycles. The number of nitrogens with one attached hydrogen (secondary N) is 1. The number of aromatic nitrogens is 2. The number of aliphatic hydroxyl groups is 1. The zero-order chi connectivity index (χ0) is 15.6. The number of anilines is 1. The normalized spacial score (nSPS) is 23.8. The third-order valence-electron chi connectivity index (χ3n) is 2.93. The van der Waals surface area contributed by atoms with Crippen LogP contribution < -0.4 is 11.0 Å². The number of hydrogen-bond donors (Lipinski definition) is 2. The van der Waals surface area contributed by atoms with Crippen LogP contribution in [0.5, 0.6) is 0 Å². The largest absolute Gasteiger partial charge is 0.399 e. The number of hydrogen-bond acceptors (Lipinski definition) is 5. The Kier molecular flexibility index (Phi) is 5.37. The van der Waals surface area contributed by atoms with E-state index in [1.165, 1.54) is 12.3 Å². The molecule has 1 unspecified atom stereocenters. The molecule has 0 aromatic carbocycles. The van der Waals surface area contributed by atoms with Crippen molar-refractivity contribution in [3.05, 3.63) is 33.9 Å². The Morgan fingerprint density at radius 3 is 3.00 bits per heavy atom. The van der Waals surface area contributed by atoms with E-state index in [1.54, 1.807) is 0 Å². The number of ether oxygens (including phenoxy) is 1. The second kappa shape index (κ2) is 6.70. The lowest BCUT2D eigenvalue weighted by Gasteiger charge is -2.20. The van der Waals surface area contributed by atoms with E-state index in [0.717, 1.165) is 9.13 Å². The molecule has 10 heteroatoms. The summed E-state index contributed by atoms with van der Waals surface area (Å²) in [7, 11) is 0. The van der Waals surface area contributed by atoms with Gasteiger partial charge in [0.15, 0.2) is 0 Å². The van der Waals surface area contributed by atoms with Crippen LogP contribution in [0.15, 0.2) is 28.2 Å². The van der Waals surface area contributed by atoms with Gasteiger partial charge in [0, 0.05) is 12.6 Å². The van der Waals surface area contributed by atoms with Crippen molar-refractivity contribution >= 4 is 38.0 Å². The lowest BCUT2D eigenvalue weighted by atomic mass is 10.2. The van der Waals surface area contributed by atoms with E-state index in [2.05, 4.69) is 37.2 Å². The van der Waals surface area contributed by atoms with Crippen molar-refractivity contribution in [3.8, 4) is 0 Å². The highest BCUT2D eigenvalue weighted by molar-refractivity contribution is 14.1. The van der Waals surface area contributed by atoms with Gasteiger partial charge < -0.3 is 15.2 Å². The van der Waals surface area contributed by atoms with Gasteiger partial charge >= 0.3 is 17.6 Å². The predicted molar refractivity (Wildman–Crippen MR) is 83.0 cm³/mol. The summed E-state index contributed by atoms with van der Waals surface area (Å²) in [6.07, 6.45) is -2.15. The van der Waals surface area contributed by atoms with Gasteiger partial charge in [-0.25, -0.2) is 33.8 Å². The van der Waals surface area contributed by atoms with Crippen LogP contribution in [0.2, 0.25) is 0 Å². The molecule has 1 aliphatic heterocycles. The summed E-state index contributed by atoms with van der Waals surface area (Å²) in [5.41, 5.74) is -0.841. The average molecular weight is 427 g/mol. The smallest absolute Gasteiger partial charge is 0.394 e. The molecule has 1 fully saturated rings. The quantitative estimate of drug-likeness (QED) is 0.538. The molecule has 2 heterocycles. The number of halogens is 3. The van der Waals surface area contributed by atoms with Crippen molar-refractivity contribution in [3.63, 3.8) is 0 Å². The molecule has 114 valence electrons. The maximum absolute atomic E-state index is 13.8. The summed E-state index contributed by atoms with van der Waals surface area (Å²) in [4.78, 5) is 15.6. The molecular formula is C11H13AlF2IN3O3. The summed E-state index contributed by atoms with van der Waals surface area (Å²) < 4.78 is 34.2. The van der Waals surface area contributed by atoms with E-state index in [-0.39, 0.29) is 5.82 Å². The highest BCUT2D eigenvalue weighted by atomic mass is 127. The van der Waals surface area contributed by atoms with Crippen molar-refractivity contribution in [2.45, 2.75) is 24.7 Å². The molecule has 2 rings (SSSR count). The van der Waals surface area contributed by atoms with E-state index in [1.807, 2.05) is 0 Å². The van der Waals surface area contributed by atoms with Crippen molar-refractivity contribution in [1.82, 2.24) is 9.55 Å². The summed E-state index contributed by atoms with van der Waals surface area (Å²) in [5.74, 6) is -2.96. The van der Waals surface area contributed by atoms with Gasteiger partial charge in [-0.3, -0.25) is 4.57 Å². The third kappa shape index (κ3) is 3.81. The number of rotatable bonds is 5. The first kappa shape index (κ1) is 16.8. The first-order valence-electron chi connectivity index (χ1n) is 6.11. The van der Waals surface area contributed by atoms with Gasteiger partial charge in [0.25, 0.3) is 5.92 Å². The van der Waals surface area contributed by atoms with E-state index >= 15 is 0 Å². The lowest BCUT2D eigenvalue weighted by molar-refractivity contribution is -0.120. The van der Waals surface area contributed by atoms with Gasteiger partial charge in [0.1, 0.15) is 5.82 Å². The van der Waals surface area contributed by atoms with Crippen LogP contribution in [-0.4, -0.2) is 45.2 Å². The highest BCUT2D eigenvalue weighted by Gasteiger charge is 2.51. The molecule has 1 aliphatic rings. The van der Waals surface area contributed by atoms with Crippen LogP contribution in [-0.2, 0) is 4.74 Å². The minimum absolute atomic E-state index is 0.269. The Morgan fingerprint density at radius 2 is 2.48 bits per heavy atom. The molecule has 0 amide bonds. The predicted octanol–water partition coefficient (Wildman–Crippen LogP) is 0.828. The highest BCUT2D eigenvalue weighted by Crippen LogP contribution is 2.41. The van der Waals surface area contributed by atoms with E-state index in [9.17, 15) is 13.6 Å². The fraction of sp³-hybridized carbons (Fsp3) is 0.455. The molecule has 21 heavy (non-hydrogen) atoms. The number of alkyl halides is 2. The monoisotopic (exact) mass is 427 g/mol. The summed E-state index contributed by atoms with van der Waals surface area (Å²) in [6.45, 7) is 3.24. The molecule has 0 aliphatic carbocycles. The molecule has 0 saturated carbocycles. The lowest BCUT2D eigenvalue weighted by Crippen LogP contribution is -2.35. The van der Waals surface area contributed by atoms with Gasteiger partial charge in [0.2, 0.25) is 6.23 Å². The van der Waals surface area contributed by atoms with Crippen LogP contribution in [0.4, 0.5) is 14.6 Å². The summed E-state index contributed by atoms with van der Waals surface area (Å²) >= 11 is 1.69. The third-order valence-corrected chi connectivity index (χ3v) is 6.20. The van der Waals surface area contributed by atoms with Gasteiger partial charge in [-0.15, -0.1) is 0 Å². The van der Waals surface area contributed by atoms with Crippen molar-refractivity contribution < 1.29 is 18.6 Å². The first-order chi connectivity index (χ1) is 9.87.